The Bertz CT molecular complexity index is 1530. The molecule has 2 fully saturated rings. The summed E-state index contributed by atoms with van der Waals surface area (Å²) in [6.07, 6.45) is -2.06. The van der Waals surface area contributed by atoms with Crippen LogP contribution < -0.4 is 14.4 Å². The lowest BCUT2D eigenvalue weighted by atomic mass is 9.93. The summed E-state index contributed by atoms with van der Waals surface area (Å²) in [7, 11) is 0. The van der Waals surface area contributed by atoms with Crippen LogP contribution >= 0.6 is 11.6 Å². The van der Waals surface area contributed by atoms with Gasteiger partial charge < -0.3 is 24.0 Å². The fraction of sp³-hybridized carbons (Fsp3) is 0.567. The minimum Gasteiger partial charge on any atom is -0.454 e. The van der Waals surface area contributed by atoms with E-state index in [9.17, 15) is 18.0 Å². The van der Waals surface area contributed by atoms with E-state index in [1.54, 1.807) is 17.0 Å². The van der Waals surface area contributed by atoms with Crippen molar-refractivity contribution in [3.8, 4) is 11.5 Å². The average Bonchev–Trinajstić information content (AvgIpc) is 3.63. The van der Waals surface area contributed by atoms with E-state index in [2.05, 4.69) is 15.0 Å². The highest BCUT2D eigenvalue weighted by atomic mass is 35.5. The molecule has 1 aromatic carbocycles. The number of ether oxygens (including phenoxy) is 3. The summed E-state index contributed by atoms with van der Waals surface area (Å²) in [6.45, 7) is 8.98. The van der Waals surface area contributed by atoms with Crippen LogP contribution in [0.5, 0.6) is 11.5 Å². The van der Waals surface area contributed by atoms with Crippen LogP contribution in [0.1, 0.15) is 57.0 Å². The van der Waals surface area contributed by atoms with Gasteiger partial charge in [0.25, 0.3) is 0 Å². The molecule has 1 unspecified atom stereocenters. The molecule has 14 heteroatoms. The number of alkyl halides is 3. The number of likely N-dealkylation sites (tertiary alicyclic amines) is 1. The molecule has 44 heavy (non-hydrogen) atoms. The Hall–Kier alpha value is -3.45. The molecule has 2 saturated heterocycles. The quantitative estimate of drug-likeness (QED) is 0.351. The largest absolute Gasteiger partial charge is 0.454 e. The van der Waals surface area contributed by atoms with E-state index >= 15 is 0 Å². The topological polar surface area (TPSA) is 84.7 Å². The predicted molar refractivity (Wildman–Crippen MR) is 157 cm³/mol. The summed E-state index contributed by atoms with van der Waals surface area (Å²) in [5.41, 5.74) is 0.375. The molecule has 0 N–H and O–H groups in total. The lowest BCUT2D eigenvalue weighted by molar-refractivity contribution is -0.141. The molecule has 1 amide bonds. The number of aromatic nitrogens is 3. The number of anilines is 1. The number of carbonyl (C=O) groups excluding carboxylic acids is 1. The highest BCUT2D eigenvalue weighted by Crippen LogP contribution is 2.38. The first kappa shape index (κ1) is 30.6. The third-order valence-corrected chi connectivity index (χ3v) is 8.74. The number of nitrogens with zero attached hydrogens (tertiary/aromatic N) is 6. The zero-order chi connectivity index (χ0) is 31.2. The zero-order valence-electron chi connectivity index (χ0n) is 25.0. The van der Waals surface area contributed by atoms with Crippen molar-refractivity contribution >= 4 is 29.2 Å². The minimum atomic E-state index is -4.60. The molecule has 10 nitrogen and oxygen atoms in total. The lowest BCUT2D eigenvalue weighted by Gasteiger charge is -2.37. The summed E-state index contributed by atoms with van der Waals surface area (Å²) >= 11 is 6.52. The number of piperazine rings is 1. The predicted octanol–water partition coefficient (Wildman–Crippen LogP) is 5.74. The van der Waals surface area contributed by atoms with E-state index in [0.717, 1.165) is 37.4 Å². The summed E-state index contributed by atoms with van der Waals surface area (Å²) in [5.74, 6) is 1.61. The first-order chi connectivity index (χ1) is 20.9. The Kier molecular flexibility index (Phi) is 8.20. The normalized spacial score (nSPS) is 19.6. The maximum atomic E-state index is 13.7. The van der Waals surface area contributed by atoms with Crippen molar-refractivity contribution in [2.75, 3.05) is 51.0 Å². The monoisotopic (exact) mass is 636 g/mol. The van der Waals surface area contributed by atoms with Gasteiger partial charge in [-0.3, -0.25) is 4.90 Å². The molecule has 3 aliphatic heterocycles. The third kappa shape index (κ3) is 6.35. The molecule has 238 valence electrons. The van der Waals surface area contributed by atoms with Crippen LogP contribution in [0.15, 0.2) is 24.3 Å². The van der Waals surface area contributed by atoms with Crippen LogP contribution in [0, 0.1) is 0 Å². The molecule has 3 aliphatic rings. The molecule has 0 spiro atoms. The summed E-state index contributed by atoms with van der Waals surface area (Å²) < 4.78 is 59.4. The molecular formula is C30H36ClF3N6O4. The van der Waals surface area contributed by atoms with Crippen molar-refractivity contribution in [2.24, 2.45) is 0 Å². The average molecular weight is 637 g/mol. The smallest absolute Gasteiger partial charge is 0.433 e. The van der Waals surface area contributed by atoms with E-state index in [1.807, 2.05) is 31.7 Å². The zero-order valence-corrected chi connectivity index (χ0v) is 25.7. The molecule has 3 aromatic rings. The Morgan fingerprint density at radius 3 is 2.43 bits per heavy atom. The van der Waals surface area contributed by atoms with Gasteiger partial charge in [-0.25, -0.2) is 9.78 Å². The molecule has 0 bridgehead atoms. The number of rotatable bonds is 5. The summed E-state index contributed by atoms with van der Waals surface area (Å²) in [6, 6.07) is 6.35. The molecule has 0 saturated carbocycles. The van der Waals surface area contributed by atoms with Gasteiger partial charge >= 0.3 is 12.3 Å². The fourth-order valence-corrected chi connectivity index (χ4v) is 6.04. The van der Waals surface area contributed by atoms with E-state index in [-0.39, 0.29) is 30.5 Å². The standard InChI is InChI=1S/C30H36ClF3N6O4/c1-29(2,3)24-14-26-35-25(30(32,33)34)15-27(40(26)36-24)37-8-10-38(11-9-37)28(41)42-17-20-6-4-5-7-39(20)16-19-12-22-23(13-21(19)31)44-18-43-22/h12-15,20H,4-11,16-18H2,1-3H3. The lowest BCUT2D eigenvalue weighted by Crippen LogP contribution is -2.50. The Labute approximate surface area is 258 Å². The van der Waals surface area contributed by atoms with Gasteiger partial charge in [-0.1, -0.05) is 38.8 Å². The Morgan fingerprint density at radius 1 is 1.00 bits per heavy atom. The second-order valence-corrected chi connectivity index (χ2v) is 12.9. The van der Waals surface area contributed by atoms with Gasteiger partial charge in [0.1, 0.15) is 12.4 Å². The van der Waals surface area contributed by atoms with Gasteiger partial charge in [0.15, 0.2) is 22.8 Å². The van der Waals surface area contributed by atoms with E-state index in [4.69, 9.17) is 25.8 Å². The number of halogens is 4. The number of fused-ring (bicyclic) bond motifs is 2. The number of hydrogen-bond acceptors (Lipinski definition) is 8. The van der Waals surface area contributed by atoms with Crippen LogP contribution in [0.4, 0.5) is 23.8 Å². The molecule has 5 heterocycles. The van der Waals surface area contributed by atoms with Crippen LogP contribution in [0.25, 0.3) is 5.65 Å². The highest BCUT2D eigenvalue weighted by molar-refractivity contribution is 6.31. The molecule has 0 aliphatic carbocycles. The molecule has 1 atom stereocenters. The number of hydrogen-bond donors (Lipinski definition) is 0. The van der Waals surface area contributed by atoms with Gasteiger partial charge in [0.2, 0.25) is 6.79 Å². The number of piperidine rings is 1. The van der Waals surface area contributed by atoms with Gasteiger partial charge in [0.05, 0.1) is 5.69 Å². The number of benzene rings is 1. The number of amides is 1. The van der Waals surface area contributed by atoms with E-state index in [1.165, 1.54) is 4.52 Å². The molecule has 0 radical (unpaired) electrons. The summed E-state index contributed by atoms with van der Waals surface area (Å²) in [5, 5.41) is 5.19. The van der Waals surface area contributed by atoms with Gasteiger partial charge in [-0.15, -0.1) is 0 Å². The van der Waals surface area contributed by atoms with Crippen LogP contribution in [0.2, 0.25) is 5.02 Å². The fourth-order valence-electron chi connectivity index (χ4n) is 5.83. The van der Waals surface area contributed by atoms with Crippen LogP contribution in [0.3, 0.4) is 0 Å². The number of carbonyl (C=O) groups is 1. The first-order valence-corrected chi connectivity index (χ1v) is 15.2. The maximum absolute atomic E-state index is 13.7. The van der Waals surface area contributed by atoms with Gasteiger partial charge in [-0.2, -0.15) is 22.8 Å². The van der Waals surface area contributed by atoms with Crippen molar-refractivity contribution in [3.63, 3.8) is 0 Å². The van der Waals surface area contributed by atoms with E-state index < -0.39 is 18.0 Å². The van der Waals surface area contributed by atoms with Crippen molar-refractivity contribution < 1.29 is 32.2 Å². The maximum Gasteiger partial charge on any atom is 0.433 e. The second kappa shape index (κ2) is 11.8. The first-order valence-electron chi connectivity index (χ1n) is 14.8. The summed E-state index contributed by atoms with van der Waals surface area (Å²) in [4.78, 5) is 22.6. The van der Waals surface area contributed by atoms with Crippen molar-refractivity contribution in [2.45, 2.75) is 64.2 Å². The van der Waals surface area contributed by atoms with Gasteiger partial charge in [-0.05, 0) is 31.0 Å². The SMILES string of the molecule is CC(C)(C)c1cc2nc(C(F)(F)F)cc(N3CCN(C(=O)OCC4CCCCN4Cc4cc5c(cc4Cl)OCO5)CC3)n2n1. The third-order valence-electron chi connectivity index (χ3n) is 8.39. The van der Waals surface area contributed by atoms with Gasteiger partial charge in [0, 0.05) is 67.4 Å². The van der Waals surface area contributed by atoms with Crippen LogP contribution in [-0.4, -0.2) is 82.7 Å². The minimum absolute atomic E-state index is 0.0400. The molecular weight excluding hydrogens is 601 g/mol. The Morgan fingerprint density at radius 2 is 1.73 bits per heavy atom. The highest BCUT2D eigenvalue weighted by Gasteiger charge is 2.36. The van der Waals surface area contributed by atoms with Crippen molar-refractivity contribution in [1.82, 2.24) is 24.4 Å². The van der Waals surface area contributed by atoms with E-state index in [0.29, 0.717) is 60.8 Å². The van der Waals surface area contributed by atoms with Crippen molar-refractivity contribution in [1.29, 1.82) is 0 Å². The molecule has 2 aromatic heterocycles. The Balaban J connectivity index is 1.09. The molecule has 6 rings (SSSR count). The van der Waals surface area contributed by atoms with Crippen molar-refractivity contribution in [3.05, 3.63) is 46.2 Å². The van der Waals surface area contributed by atoms with Crippen LogP contribution in [-0.2, 0) is 22.9 Å². The second-order valence-electron chi connectivity index (χ2n) is 12.5.